The minimum Gasteiger partial charge on any atom is -0.396 e. The van der Waals surface area contributed by atoms with Crippen LogP contribution in [0.3, 0.4) is 0 Å². The predicted octanol–water partition coefficient (Wildman–Crippen LogP) is 1.22. The molecule has 0 fully saturated rings. The van der Waals surface area contributed by atoms with E-state index >= 15 is 0 Å². The molecule has 0 unspecified atom stereocenters. The Morgan fingerprint density at radius 3 is 2.56 bits per heavy atom. The molecule has 0 heterocycles. The maximum absolute atomic E-state index is 13.1. The first kappa shape index (κ1) is 15.4. The van der Waals surface area contributed by atoms with E-state index < -0.39 is 21.4 Å². The van der Waals surface area contributed by atoms with E-state index in [9.17, 15) is 17.9 Å². The average molecular weight is 341 g/mol. The molecule has 0 saturated heterocycles. The van der Waals surface area contributed by atoms with Crippen molar-refractivity contribution in [2.24, 2.45) is 0 Å². The fraction of sp³-hybridized carbons (Fsp3) is 0.400. The molecule has 8 heteroatoms. The van der Waals surface area contributed by atoms with Crippen LogP contribution in [-0.2, 0) is 10.0 Å². The molecule has 0 saturated carbocycles. The van der Waals surface area contributed by atoms with E-state index in [1.54, 1.807) is 0 Å². The molecule has 0 aliphatic rings. The van der Waals surface area contributed by atoms with Gasteiger partial charge in [-0.25, -0.2) is 17.5 Å². The van der Waals surface area contributed by atoms with Gasteiger partial charge in [0.05, 0.1) is 16.2 Å². The van der Waals surface area contributed by atoms with Gasteiger partial charge in [-0.2, -0.15) is 0 Å². The number of nitrogens with two attached hydrogens (primary N) is 1. The Morgan fingerprint density at radius 2 is 2.06 bits per heavy atom. The highest BCUT2D eigenvalue weighted by molar-refractivity contribution is 9.10. The highest BCUT2D eigenvalue weighted by atomic mass is 79.9. The standard InChI is InChI=1S/C10H14BrFN2O3S/c1-10(2,15)5-14-18(16,17)9-4-8(13)7(12)3-6(9)11/h3-4,14-15H,5,13H2,1-2H3. The predicted molar refractivity (Wildman–Crippen MR) is 70.0 cm³/mol. The van der Waals surface area contributed by atoms with Crippen LogP contribution in [0, 0.1) is 5.82 Å². The van der Waals surface area contributed by atoms with Gasteiger partial charge in [0.1, 0.15) is 5.82 Å². The molecule has 1 aromatic carbocycles. The number of anilines is 1. The third kappa shape index (κ3) is 3.91. The molecular formula is C10H14BrFN2O3S. The second kappa shape index (κ2) is 5.12. The smallest absolute Gasteiger partial charge is 0.241 e. The van der Waals surface area contributed by atoms with E-state index in [2.05, 4.69) is 20.7 Å². The molecule has 102 valence electrons. The number of nitrogens with one attached hydrogen (secondary N) is 1. The Labute approximate surface area is 113 Å². The first-order chi connectivity index (χ1) is 8.03. The first-order valence-corrected chi connectivity index (χ1v) is 7.27. The zero-order valence-corrected chi connectivity index (χ0v) is 12.3. The van der Waals surface area contributed by atoms with Gasteiger partial charge in [-0.15, -0.1) is 0 Å². The molecule has 0 aliphatic heterocycles. The Hall–Kier alpha value is -0.700. The number of halogens is 2. The number of nitrogen functional groups attached to an aromatic ring is 1. The van der Waals surface area contributed by atoms with Crippen LogP contribution >= 0.6 is 15.9 Å². The van der Waals surface area contributed by atoms with Crippen LogP contribution in [-0.4, -0.2) is 25.7 Å². The Morgan fingerprint density at radius 1 is 1.50 bits per heavy atom. The van der Waals surface area contributed by atoms with Gasteiger partial charge >= 0.3 is 0 Å². The molecule has 0 aromatic heterocycles. The van der Waals surface area contributed by atoms with Gasteiger partial charge in [0.15, 0.2) is 0 Å². The lowest BCUT2D eigenvalue weighted by Crippen LogP contribution is -2.38. The van der Waals surface area contributed by atoms with Crippen LogP contribution in [0.5, 0.6) is 0 Å². The third-order valence-corrected chi connectivity index (χ3v) is 4.40. The Balaban J connectivity index is 3.10. The summed E-state index contributed by atoms with van der Waals surface area (Å²) >= 11 is 2.96. The molecule has 0 bridgehead atoms. The third-order valence-electron chi connectivity index (χ3n) is 2.04. The minimum atomic E-state index is -3.87. The van der Waals surface area contributed by atoms with Crippen molar-refractivity contribution in [3.8, 4) is 0 Å². The maximum Gasteiger partial charge on any atom is 0.241 e. The Bertz CT molecular complexity index is 555. The van der Waals surface area contributed by atoms with E-state index in [0.717, 1.165) is 12.1 Å². The van der Waals surface area contributed by atoms with Gasteiger partial charge in [-0.05, 0) is 41.9 Å². The van der Waals surface area contributed by atoms with Crippen molar-refractivity contribution >= 4 is 31.6 Å². The van der Waals surface area contributed by atoms with Crippen molar-refractivity contribution in [2.45, 2.75) is 24.3 Å². The van der Waals surface area contributed by atoms with E-state index in [4.69, 9.17) is 5.73 Å². The summed E-state index contributed by atoms with van der Waals surface area (Å²) in [6, 6.07) is 2.00. The minimum absolute atomic E-state index is 0.0671. The number of aliphatic hydroxyl groups is 1. The fourth-order valence-electron chi connectivity index (χ4n) is 1.10. The molecule has 4 N–H and O–H groups in total. The molecule has 1 aromatic rings. The van der Waals surface area contributed by atoms with E-state index in [0.29, 0.717) is 0 Å². The summed E-state index contributed by atoms with van der Waals surface area (Å²) in [5, 5.41) is 9.47. The van der Waals surface area contributed by atoms with Crippen LogP contribution in [0.15, 0.2) is 21.5 Å². The van der Waals surface area contributed by atoms with Gasteiger partial charge in [0, 0.05) is 11.0 Å². The van der Waals surface area contributed by atoms with E-state index in [-0.39, 0.29) is 21.6 Å². The SMILES string of the molecule is CC(C)(O)CNS(=O)(=O)c1cc(N)c(F)cc1Br. The molecule has 0 atom stereocenters. The lowest BCUT2D eigenvalue weighted by atomic mass is 10.1. The number of benzene rings is 1. The zero-order chi connectivity index (χ0) is 14.1. The zero-order valence-electron chi connectivity index (χ0n) is 9.87. The van der Waals surface area contributed by atoms with Crippen LogP contribution in [0.1, 0.15) is 13.8 Å². The topological polar surface area (TPSA) is 92.4 Å². The monoisotopic (exact) mass is 340 g/mol. The number of sulfonamides is 1. The first-order valence-electron chi connectivity index (χ1n) is 4.99. The summed E-state index contributed by atoms with van der Waals surface area (Å²) < 4.78 is 39.3. The number of rotatable bonds is 4. The van der Waals surface area contributed by atoms with Crippen molar-refractivity contribution < 1.29 is 17.9 Å². The largest absolute Gasteiger partial charge is 0.396 e. The van der Waals surface area contributed by atoms with Gasteiger partial charge in [0.25, 0.3) is 0 Å². The normalized spacial score (nSPS) is 12.7. The van der Waals surface area contributed by atoms with Crippen molar-refractivity contribution in [2.75, 3.05) is 12.3 Å². The van der Waals surface area contributed by atoms with Crippen molar-refractivity contribution in [1.29, 1.82) is 0 Å². The quantitative estimate of drug-likeness (QED) is 0.718. The van der Waals surface area contributed by atoms with Crippen molar-refractivity contribution in [3.05, 3.63) is 22.4 Å². The maximum atomic E-state index is 13.1. The van der Waals surface area contributed by atoms with Crippen molar-refractivity contribution in [1.82, 2.24) is 4.72 Å². The van der Waals surface area contributed by atoms with Crippen LogP contribution in [0.4, 0.5) is 10.1 Å². The van der Waals surface area contributed by atoms with Crippen molar-refractivity contribution in [3.63, 3.8) is 0 Å². The van der Waals surface area contributed by atoms with Crippen LogP contribution < -0.4 is 10.5 Å². The molecule has 1 rings (SSSR count). The number of hydrogen-bond donors (Lipinski definition) is 3. The van der Waals surface area contributed by atoms with E-state index in [1.165, 1.54) is 13.8 Å². The average Bonchev–Trinajstić information content (AvgIpc) is 2.19. The lowest BCUT2D eigenvalue weighted by Gasteiger charge is -2.18. The summed E-state index contributed by atoms with van der Waals surface area (Å²) in [7, 11) is -3.87. The summed E-state index contributed by atoms with van der Waals surface area (Å²) in [6.07, 6.45) is 0. The second-order valence-corrected chi connectivity index (χ2v) is 7.03. The van der Waals surface area contributed by atoms with Gasteiger partial charge in [-0.3, -0.25) is 0 Å². The molecule has 0 radical (unpaired) electrons. The van der Waals surface area contributed by atoms with Gasteiger partial charge in [-0.1, -0.05) is 0 Å². The summed E-state index contributed by atoms with van der Waals surface area (Å²) in [4.78, 5) is -0.175. The Kier molecular flexibility index (Phi) is 4.37. The fourth-order valence-corrected chi connectivity index (χ4v) is 3.35. The van der Waals surface area contributed by atoms with Crippen LogP contribution in [0.25, 0.3) is 0 Å². The van der Waals surface area contributed by atoms with Gasteiger partial charge < -0.3 is 10.8 Å². The lowest BCUT2D eigenvalue weighted by molar-refractivity contribution is 0.0857. The summed E-state index contributed by atoms with van der Waals surface area (Å²) in [5.74, 6) is -0.705. The number of hydrogen-bond acceptors (Lipinski definition) is 4. The molecular weight excluding hydrogens is 327 g/mol. The molecule has 5 nitrogen and oxygen atoms in total. The molecule has 0 spiro atoms. The van der Waals surface area contributed by atoms with E-state index in [1.807, 2.05) is 0 Å². The molecule has 18 heavy (non-hydrogen) atoms. The summed E-state index contributed by atoms with van der Waals surface area (Å²) in [6.45, 7) is 2.76. The second-order valence-electron chi connectivity index (χ2n) is 4.44. The van der Waals surface area contributed by atoms with Gasteiger partial charge in [0.2, 0.25) is 10.0 Å². The van der Waals surface area contributed by atoms with Crippen LogP contribution in [0.2, 0.25) is 0 Å². The highest BCUT2D eigenvalue weighted by Gasteiger charge is 2.22. The summed E-state index contributed by atoms with van der Waals surface area (Å²) in [5.41, 5.74) is 3.88. The molecule has 0 aliphatic carbocycles. The molecule has 0 amide bonds. The highest BCUT2D eigenvalue weighted by Crippen LogP contribution is 2.26.